The lowest BCUT2D eigenvalue weighted by Crippen LogP contribution is -2.44. The largest absolute Gasteiger partial charge is 0.454 e. The van der Waals surface area contributed by atoms with Crippen molar-refractivity contribution in [2.45, 2.75) is 13.0 Å². The summed E-state index contributed by atoms with van der Waals surface area (Å²) in [6.45, 7) is 0.927. The van der Waals surface area contributed by atoms with E-state index in [1.165, 1.54) is 26.1 Å². The average Bonchev–Trinajstić information content (AvgIpc) is 2.76. The number of benzene rings is 1. The van der Waals surface area contributed by atoms with Gasteiger partial charge in [0.1, 0.15) is 6.04 Å². The first-order chi connectivity index (χ1) is 9.97. The second-order valence-electron chi connectivity index (χ2n) is 4.48. The summed E-state index contributed by atoms with van der Waals surface area (Å²) in [7, 11) is 1.41. The van der Waals surface area contributed by atoms with Gasteiger partial charge in [-0.25, -0.2) is 4.79 Å². The summed E-state index contributed by atoms with van der Waals surface area (Å²) >= 11 is 0. The van der Waals surface area contributed by atoms with Gasteiger partial charge >= 0.3 is 5.97 Å². The Morgan fingerprint density at radius 3 is 2.19 bits per heavy atom. The van der Waals surface area contributed by atoms with E-state index in [-0.39, 0.29) is 11.1 Å². The van der Waals surface area contributed by atoms with E-state index in [1.807, 2.05) is 0 Å². The monoisotopic (exact) mass is 290 g/mol. The lowest BCUT2D eigenvalue weighted by atomic mass is 10.1. The third-order valence-corrected chi connectivity index (χ3v) is 3.18. The fourth-order valence-electron chi connectivity index (χ4n) is 1.99. The molecule has 0 radical (unpaired) electrons. The molecule has 1 N–H and O–H groups in total. The van der Waals surface area contributed by atoms with Gasteiger partial charge in [-0.05, 0) is 19.1 Å². The third-order valence-electron chi connectivity index (χ3n) is 3.18. The van der Waals surface area contributed by atoms with E-state index in [1.54, 1.807) is 12.1 Å². The second-order valence-corrected chi connectivity index (χ2v) is 4.48. The predicted octanol–water partition coefficient (Wildman–Crippen LogP) is -0.0397. The molecule has 2 rings (SSSR count). The average molecular weight is 290 g/mol. The maximum absolute atomic E-state index is 12.2. The van der Waals surface area contributed by atoms with Crippen LogP contribution in [0.3, 0.4) is 0 Å². The smallest absolute Gasteiger partial charge is 0.329 e. The quantitative estimate of drug-likeness (QED) is 0.620. The number of esters is 1. The van der Waals surface area contributed by atoms with Crippen molar-refractivity contribution in [2.24, 2.45) is 0 Å². The topological polar surface area (TPSA) is 92.8 Å². The van der Waals surface area contributed by atoms with E-state index >= 15 is 0 Å². The first kappa shape index (κ1) is 14.7. The molecule has 110 valence electrons. The van der Waals surface area contributed by atoms with Crippen LogP contribution in [-0.2, 0) is 14.3 Å². The molecule has 1 unspecified atom stereocenters. The van der Waals surface area contributed by atoms with Crippen molar-refractivity contribution in [1.82, 2.24) is 10.2 Å². The summed E-state index contributed by atoms with van der Waals surface area (Å²) < 4.78 is 4.77. The van der Waals surface area contributed by atoms with Gasteiger partial charge in [-0.3, -0.25) is 19.3 Å². The van der Waals surface area contributed by atoms with Crippen molar-refractivity contribution in [3.63, 3.8) is 0 Å². The van der Waals surface area contributed by atoms with Crippen molar-refractivity contribution >= 4 is 23.7 Å². The highest BCUT2D eigenvalue weighted by Gasteiger charge is 2.41. The van der Waals surface area contributed by atoms with Crippen LogP contribution in [0, 0.1) is 0 Å². The Balaban J connectivity index is 2.12. The molecule has 1 aliphatic heterocycles. The van der Waals surface area contributed by atoms with Gasteiger partial charge in [0.15, 0.2) is 6.61 Å². The van der Waals surface area contributed by atoms with Crippen molar-refractivity contribution in [2.75, 3.05) is 13.7 Å². The van der Waals surface area contributed by atoms with Gasteiger partial charge in [-0.1, -0.05) is 12.1 Å². The highest BCUT2D eigenvalue weighted by atomic mass is 16.5. The molecule has 7 nitrogen and oxygen atoms in total. The van der Waals surface area contributed by atoms with Gasteiger partial charge in [0.25, 0.3) is 17.7 Å². The molecule has 0 bridgehead atoms. The molecule has 0 aliphatic carbocycles. The number of rotatable bonds is 4. The minimum atomic E-state index is -1.10. The summed E-state index contributed by atoms with van der Waals surface area (Å²) in [5.41, 5.74) is 0.516. The standard InChI is InChI=1S/C14H14N2O5/c1-8(14(20)21-7-11(17)15-2)16-12(18)9-5-3-4-6-10(9)13(16)19/h3-6,8H,7H2,1-2H3,(H,15,17). The van der Waals surface area contributed by atoms with Crippen LogP contribution in [0.15, 0.2) is 24.3 Å². The van der Waals surface area contributed by atoms with Crippen LogP contribution in [0.5, 0.6) is 0 Å². The molecule has 1 heterocycles. The van der Waals surface area contributed by atoms with E-state index in [4.69, 9.17) is 4.74 Å². The van der Waals surface area contributed by atoms with E-state index in [9.17, 15) is 19.2 Å². The highest BCUT2D eigenvalue weighted by molar-refractivity contribution is 6.22. The molecule has 1 aromatic carbocycles. The molecule has 1 aliphatic rings. The van der Waals surface area contributed by atoms with Gasteiger partial charge in [0.05, 0.1) is 11.1 Å². The maximum Gasteiger partial charge on any atom is 0.329 e. The van der Waals surface area contributed by atoms with E-state index < -0.39 is 36.3 Å². The zero-order chi connectivity index (χ0) is 15.6. The molecule has 1 atom stereocenters. The Hall–Kier alpha value is -2.70. The second kappa shape index (κ2) is 5.74. The molecule has 0 saturated carbocycles. The summed E-state index contributed by atoms with van der Waals surface area (Å²) in [5.74, 6) is -2.37. The van der Waals surface area contributed by atoms with Crippen LogP contribution < -0.4 is 5.32 Å². The number of ether oxygens (including phenoxy) is 1. The first-order valence-corrected chi connectivity index (χ1v) is 6.31. The maximum atomic E-state index is 12.2. The van der Waals surface area contributed by atoms with Crippen LogP contribution in [0.25, 0.3) is 0 Å². The van der Waals surface area contributed by atoms with E-state index in [2.05, 4.69) is 5.32 Å². The van der Waals surface area contributed by atoms with Gasteiger partial charge in [0.2, 0.25) is 0 Å². The van der Waals surface area contributed by atoms with Crippen LogP contribution in [0.4, 0.5) is 0 Å². The molecule has 3 amide bonds. The van der Waals surface area contributed by atoms with Crippen molar-refractivity contribution in [3.05, 3.63) is 35.4 Å². The molecular weight excluding hydrogens is 276 g/mol. The number of nitrogens with zero attached hydrogens (tertiary/aromatic N) is 1. The van der Waals surface area contributed by atoms with Crippen LogP contribution in [0.2, 0.25) is 0 Å². The molecule has 1 aromatic rings. The van der Waals surface area contributed by atoms with Crippen molar-refractivity contribution in [1.29, 1.82) is 0 Å². The zero-order valence-electron chi connectivity index (χ0n) is 11.6. The number of likely N-dealkylation sites (N-methyl/N-ethyl adjacent to an activating group) is 1. The van der Waals surface area contributed by atoms with Gasteiger partial charge < -0.3 is 10.1 Å². The number of carbonyl (C=O) groups excluding carboxylic acids is 4. The highest BCUT2D eigenvalue weighted by Crippen LogP contribution is 2.24. The molecule has 0 saturated heterocycles. The van der Waals surface area contributed by atoms with E-state index in [0.717, 1.165) is 4.90 Å². The van der Waals surface area contributed by atoms with Crippen LogP contribution >= 0.6 is 0 Å². The number of nitrogens with one attached hydrogen (secondary N) is 1. The molecular formula is C14H14N2O5. The minimum Gasteiger partial charge on any atom is -0.454 e. The normalized spacial score (nSPS) is 14.7. The van der Waals surface area contributed by atoms with Gasteiger partial charge in [0, 0.05) is 7.05 Å². The zero-order valence-corrected chi connectivity index (χ0v) is 11.6. The Morgan fingerprint density at radius 2 is 1.71 bits per heavy atom. The summed E-state index contributed by atoms with van der Waals surface area (Å²) in [4.78, 5) is 48.1. The lowest BCUT2D eigenvalue weighted by Gasteiger charge is -2.20. The van der Waals surface area contributed by atoms with Crippen LogP contribution in [-0.4, -0.2) is 48.3 Å². The summed E-state index contributed by atoms with van der Waals surface area (Å²) in [6, 6.07) is 5.24. The minimum absolute atomic E-state index is 0.258. The van der Waals surface area contributed by atoms with Gasteiger partial charge in [-0.15, -0.1) is 0 Å². The predicted molar refractivity (Wildman–Crippen MR) is 71.4 cm³/mol. The van der Waals surface area contributed by atoms with Crippen molar-refractivity contribution < 1.29 is 23.9 Å². The fraction of sp³-hybridized carbons (Fsp3) is 0.286. The Bertz CT molecular complexity index is 591. The number of hydrogen-bond donors (Lipinski definition) is 1. The number of hydrogen-bond acceptors (Lipinski definition) is 5. The number of imide groups is 1. The Kier molecular flexibility index (Phi) is 4.02. The SMILES string of the molecule is CNC(=O)COC(=O)C(C)N1C(=O)c2ccccc2C1=O. The molecule has 0 aromatic heterocycles. The number of carbonyl (C=O) groups is 4. The molecule has 21 heavy (non-hydrogen) atoms. The first-order valence-electron chi connectivity index (χ1n) is 6.31. The van der Waals surface area contributed by atoms with Crippen LogP contribution in [0.1, 0.15) is 27.6 Å². The molecule has 7 heteroatoms. The fourth-order valence-corrected chi connectivity index (χ4v) is 1.99. The summed E-state index contributed by atoms with van der Waals surface area (Å²) in [5, 5.41) is 2.30. The van der Waals surface area contributed by atoms with Gasteiger partial charge in [-0.2, -0.15) is 0 Å². The third kappa shape index (κ3) is 2.62. The Morgan fingerprint density at radius 1 is 1.19 bits per heavy atom. The number of fused-ring (bicyclic) bond motifs is 1. The Labute approximate surface area is 120 Å². The molecule has 0 fully saturated rings. The molecule has 0 spiro atoms. The lowest BCUT2D eigenvalue weighted by molar-refractivity contribution is -0.151. The van der Waals surface area contributed by atoms with E-state index in [0.29, 0.717) is 0 Å². The summed E-state index contributed by atoms with van der Waals surface area (Å²) in [6.07, 6.45) is 0. The number of amides is 3. The van der Waals surface area contributed by atoms with Crippen molar-refractivity contribution in [3.8, 4) is 0 Å².